The molecule has 0 saturated carbocycles. The van der Waals surface area contributed by atoms with Gasteiger partial charge < -0.3 is 10.2 Å². The molecule has 3 aromatic rings. The van der Waals surface area contributed by atoms with Crippen molar-refractivity contribution in [2.75, 3.05) is 23.3 Å². The fourth-order valence-electron chi connectivity index (χ4n) is 3.58. The van der Waals surface area contributed by atoms with Crippen molar-refractivity contribution in [1.82, 2.24) is 9.97 Å². The molecule has 29 heavy (non-hydrogen) atoms. The molecule has 1 fully saturated rings. The number of carbonyl (C=O) groups excluding carboxylic acids is 1. The third-order valence-corrected chi connectivity index (χ3v) is 5.78. The highest BCUT2D eigenvalue weighted by molar-refractivity contribution is 9.10. The lowest BCUT2D eigenvalue weighted by atomic mass is 9.95. The normalized spacial score (nSPS) is 14.6. The first-order chi connectivity index (χ1) is 14.1. The van der Waals surface area contributed by atoms with Gasteiger partial charge in [0, 0.05) is 40.8 Å². The number of hydrogen-bond acceptors (Lipinski definition) is 4. The zero-order valence-corrected chi connectivity index (χ0v) is 17.9. The molecule has 0 radical (unpaired) electrons. The third-order valence-electron chi connectivity index (χ3n) is 5.28. The number of nitrogens with zero attached hydrogens (tertiary/aromatic N) is 3. The number of hydrogen-bond donors (Lipinski definition) is 1. The van der Waals surface area contributed by atoms with Gasteiger partial charge in [-0.2, -0.15) is 0 Å². The van der Waals surface area contributed by atoms with Gasteiger partial charge in [0.05, 0.1) is 5.69 Å². The van der Waals surface area contributed by atoms with Crippen LogP contribution in [-0.4, -0.2) is 29.0 Å². The summed E-state index contributed by atoms with van der Waals surface area (Å²) in [6.07, 6.45) is 3.24. The molecule has 2 aromatic carbocycles. The Labute approximate surface area is 179 Å². The number of halogens is 1. The Balaban J connectivity index is 1.39. The molecule has 1 aliphatic heterocycles. The Morgan fingerprint density at radius 2 is 1.83 bits per heavy atom. The topological polar surface area (TPSA) is 58.1 Å². The van der Waals surface area contributed by atoms with Crippen molar-refractivity contribution >= 4 is 33.3 Å². The molecule has 1 N–H and O–H groups in total. The van der Waals surface area contributed by atoms with Gasteiger partial charge in [0.1, 0.15) is 12.1 Å². The van der Waals surface area contributed by atoms with Crippen LogP contribution >= 0.6 is 15.9 Å². The first-order valence-corrected chi connectivity index (χ1v) is 10.6. The van der Waals surface area contributed by atoms with E-state index in [1.54, 1.807) is 6.33 Å². The summed E-state index contributed by atoms with van der Waals surface area (Å²) in [5.41, 5.74) is 4.06. The zero-order valence-electron chi connectivity index (χ0n) is 16.3. The van der Waals surface area contributed by atoms with Crippen molar-refractivity contribution in [2.45, 2.75) is 19.8 Å². The van der Waals surface area contributed by atoms with Gasteiger partial charge in [-0.3, -0.25) is 4.79 Å². The molecule has 6 heteroatoms. The average molecular weight is 451 g/mol. The fraction of sp³-hybridized carbons (Fsp3) is 0.261. The molecule has 0 unspecified atom stereocenters. The minimum atomic E-state index is 0.0173. The maximum absolute atomic E-state index is 12.6. The molecule has 2 heterocycles. The Morgan fingerprint density at radius 1 is 1.07 bits per heavy atom. The van der Waals surface area contributed by atoms with E-state index >= 15 is 0 Å². The number of aryl methyl sites for hydroxylation is 1. The smallest absolute Gasteiger partial charge is 0.227 e. The van der Waals surface area contributed by atoms with Crippen LogP contribution in [0, 0.1) is 12.8 Å². The van der Waals surface area contributed by atoms with E-state index in [9.17, 15) is 4.79 Å². The molecule has 148 valence electrons. The summed E-state index contributed by atoms with van der Waals surface area (Å²) in [5.74, 6) is 1.02. The van der Waals surface area contributed by atoms with E-state index in [2.05, 4.69) is 67.3 Å². The van der Waals surface area contributed by atoms with E-state index in [0.717, 1.165) is 53.2 Å². The Hall–Kier alpha value is -2.73. The fourth-order valence-corrected chi connectivity index (χ4v) is 3.98. The number of anilines is 2. The highest BCUT2D eigenvalue weighted by Gasteiger charge is 2.26. The molecule has 1 saturated heterocycles. The van der Waals surface area contributed by atoms with Gasteiger partial charge in [-0.15, -0.1) is 0 Å². The van der Waals surface area contributed by atoms with Crippen LogP contribution in [0.1, 0.15) is 18.4 Å². The lowest BCUT2D eigenvalue weighted by Gasteiger charge is -2.32. The number of rotatable bonds is 4. The molecule has 0 spiro atoms. The number of amides is 1. The van der Waals surface area contributed by atoms with Crippen LogP contribution in [0.3, 0.4) is 0 Å². The van der Waals surface area contributed by atoms with Crippen molar-refractivity contribution < 1.29 is 4.79 Å². The molecular formula is C23H23BrN4O. The molecule has 0 atom stereocenters. The highest BCUT2D eigenvalue weighted by Crippen LogP contribution is 2.26. The average Bonchev–Trinajstić information content (AvgIpc) is 2.74. The van der Waals surface area contributed by atoms with E-state index in [1.165, 1.54) is 5.56 Å². The number of nitrogens with one attached hydrogen (secondary N) is 1. The first kappa shape index (κ1) is 19.6. The summed E-state index contributed by atoms with van der Waals surface area (Å²) >= 11 is 3.44. The van der Waals surface area contributed by atoms with Crippen LogP contribution in [0.4, 0.5) is 11.5 Å². The zero-order chi connectivity index (χ0) is 20.2. The van der Waals surface area contributed by atoms with Crippen LogP contribution < -0.4 is 10.2 Å². The monoisotopic (exact) mass is 450 g/mol. The quantitative estimate of drug-likeness (QED) is 0.602. The van der Waals surface area contributed by atoms with Crippen LogP contribution in [-0.2, 0) is 4.79 Å². The van der Waals surface area contributed by atoms with Gasteiger partial charge in [0.2, 0.25) is 5.91 Å². The van der Waals surface area contributed by atoms with Crippen LogP contribution in [0.2, 0.25) is 0 Å². The van der Waals surface area contributed by atoms with Crippen LogP contribution in [0.15, 0.2) is 65.4 Å². The molecule has 1 aliphatic rings. The van der Waals surface area contributed by atoms with Gasteiger partial charge >= 0.3 is 0 Å². The maximum Gasteiger partial charge on any atom is 0.227 e. The summed E-state index contributed by atoms with van der Waals surface area (Å²) in [7, 11) is 0. The number of piperidine rings is 1. The van der Waals surface area contributed by atoms with E-state index in [1.807, 2.05) is 30.3 Å². The molecule has 4 rings (SSSR count). The van der Waals surface area contributed by atoms with Crippen molar-refractivity contribution in [2.24, 2.45) is 5.92 Å². The van der Waals surface area contributed by atoms with E-state index in [-0.39, 0.29) is 11.8 Å². The van der Waals surface area contributed by atoms with E-state index in [0.29, 0.717) is 0 Å². The SMILES string of the molecule is Cc1ccc(-c2cc(N3CCC(C(=O)Nc4cccc(Br)c4)CC3)ncn2)cc1. The van der Waals surface area contributed by atoms with Crippen LogP contribution in [0.5, 0.6) is 0 Å². The molecule has 0 bridgehead atoms. The Bertz CT molecular complexity index is 998. The van der Waals surface area contributed by atoms with Gasteiger partial charge in [-0.05, 0) is 38.0 Å². The Morgan fingerprint density at radius 3 is 2.55 bits per heavy atom. The second-order valence-corrected chi connectivity index (χ2v) is 8.30. The molecular weight excluding hydrogens is 428 g/mol. The standard InChI is InChI=1S/C23H23BrN4O/c1-16-5-7-17(8-6-16)21-14-22(26-15-25-21)28-11-9-18(10-12-28)23(29)27-20-4-2-3-19(24)13-20/h2-8,13-15,18H,9-12H2,1H3,(H,27,29). The van der Waals surface area contributed by atoms with Gasteiger partial charge in [-0.1, -0.05) is 51.8 Å². The minimum absolute atomic E-state index is 0.0173. The van der Waals surface area contributed by atoms with Crippen molar-refractivity contribution in [3.05, 3.63) is 71.0 Å². The van der Waals surface area contributed by atoms with Crippen molar-refractivity contribution in [3.8, 4) is 11.3 Å². The van der Waals surface area contributed by atoms with E-state index < -0.39 is 0 Å². The lowest BCUT2D eigenvalue weighted by molar-refractivity contribution is -0.120. The summed E-state index contributed by atoms with van der Waals surface area (Å²) in [6.45, 7) is 3.69. The summed E-state index contributed by atoms with van der Waals surface area (Å²) in [4.78, 5) is 23.7. The number of benzene rings is 2. The van der Waals surface area contributed by atoms with E-state index in [4.69, 9.17) is 0 Å². The number of carbonyl (C=O) groups is 1. The van der Waals surface area contributed by atoms with Gasteiger partial charge in [0.25, 0.3) is 0 Å². The van der Waals surface area contributed by atoms with Gasteiger partial charge in [0.15, 0.2) is 0 Å². The largest absolute Gasteiger partial charge is 0.356 e. The molecule has 5 nitrogen and oxygen atoms in total. The van der Waals surface area contributed by atoms with Crippen molar-refractivity contribution in [3.63, 3.8) is 0 Å². The maximum atomic E-state index is 12.6. The highest BCUT2D eigenvalue weighted by atomic mass is 79.9. The second-order valence-electron chi connectivity index (χ2n) is 7.39. The molecule has 0 aliphatic carbocycles. The summed E-state index contributed by atoms with van der Waals surface area (Å²) < 4.78 is 0.957. The lowest BCUT2D eigenvalue weighted by Crippen LogP contribution is -2.38. The molecule has 1 aromatic heterocycles. The van der Waals surface area contributed by atoms with Gasteiger partial charge in [-0.25, -0.2) is 9.97 Å². The minimum Gasteiger partial charge on any atom is -0.356 e. The second kappa shape index (κ2) is 8.74. The Kier molecular flexibility index (Phi) is 5.90. The predicted octanol–water partition coefficient (Wildman–Crippen LogP) is 5.07. The first-order valence-electron chi connectivity index (χ1n) is 9.79. The number of aromatic nitrogens is 2. The van der Waals surface area contributed by atoms with Crippen molar-refractivity contribution in [1.29, 1.82) is 0 Å². The third kappa shape index (κ3) is 4.82. The summed E-state index contributed by atoms with van der Waals surface area (Å²) in [6, 6.07) is 18.1. The predicted molar refractivity (Wildman–Crippen MR) is 120 cm³/mol. The summed E-state index contributed by atoms with van der Waals surface area (Å²) in [5, 5.41) is 3.03. The van der Waals surface area contributed by atoms with Crippen LogP contribution in [0.25, 0.3) is 11.3 Å². The molecule has 1 amide bonds.